The highest BCUT2D eigenvalue weighted by Gasteiger charge is 2.14. The van der Waals surface area contributed by atoms with Gasteiger partial charge in [-0.15, -0.1) is 0 Å². The van der Waals surface area contributed by atoms with Crippen molar-refractivity contribution in [2.24, 2.45) is 0 Å². The number of fused-ring (bicyclic) bond motifs is 2. The van der Waals surface area contributed by atoms with Crippen LogP contribution in [-0.2, 0) is 0 Å². The Morgan fingerprint density at radius 3 is 2.00 bits per heavy atom. The van der Waals surface area contributed by atoms with Crippen LogP contribution in [0.25, 0.3) is 20.4 Å². The van der Waals surface area contributed by atoms with Gasteiger partial charge in [-0.25, -0.2) is 9.97 Å². The predicted molar refractivity (Wildman–Crippen MR) is 117 cm³/mol. The second-order valence-electron chi connectivity index (χ2n) is 6.55. The summed E-state index contributed by atoms with van der Waals surface area (Å²) in [5, 5.41) is 6.65. The standard InChI is InChI=1S/C19H18N6O2S2/c1-9(23-17(27)11-3-5-13-15(7-11)29-19(21)25-13)8-22-16(26)10-2-4-12-14(6-10)28-18(20)24-12/h2-7,9H,8H2,1H3,(H2,20,24)(H2,21,25)(H,22,26)(H,23,27). The van der Waals surface area contributed by atoms with Gasteiger partial charge in [-0.2, -0.15) is 0 Å². The van der Waals surface area contributed by atoms with Crippen molar-refractivity contribution in [3.63, 3.8) is 0 Å². The molecule has 10 heteroatoms. The molecular weight excluding hydrogens is 408 g/mol. The first kappa shape index (κ1) is 19.1. The maximum atomic E-state index is 12.5. The van der Waals surface area contributed by atoms with E-state index in [-0.39, 0.29) is 17.9 Å². The third-order valence-electron chi connectivity index (χ3n) is 4.28. The van der Waals surface area contributed by atoms with Crippen molar-refractivity contribution in [1.29, 1.82) is 0 Å². The lowest BCUT2D eigenvalue weighted by Gasteiger charge is -2.15. The zero-order valence-electron chi connectivity index (χ0n) is 15.4. The Morgan fingerprint density at radius 2 is 1.45 bits per heavy atom. The van der Waals surface area contributed by atoms with Gasteiger partial charge in [0.05, 0.1) is 20.4 Å². The number of rotatable bonds is 5. The number of benzene rings is 2. The average molecular weight is 427 g/mol. The van der Waals surface area contributed by atoms with E-state index >= 15 is 0 Å². The predicted octanol–water partition coefficient (Wildman–Crippen LogP) is 2.62. The van der Waals surface area contributed by atoms with E-state index in [1.54, 1.807) is 36.4 Å². The summed E-state index contributed by atoms with van der Waals surface area (Å²) in [6.07, 6.45) is 0. The van der Waals surface area contributed by atoms with Crippen LogP contribution in [0.5, 0.6) is 0 Å². The van der Waals surface area contributed by atoms with Gasteiger partial charge >= 0.3 is 0 Å². The van der Waals surface area contributed by atoms with Crippen LogP contribution in [-0.4, -0.2) is 34.4 Å². The Kier molecular flexibility index (Phi) is 5.03. The smallest absolute Gasteiger partial charge is 0.251 e. The number of nitrogens with zero attached hydrogens (tertiary/aromatic N) is 2. The SMILES string of the molecule is CC(CNC(=O)c1ccc2nc(N)sc2c1)NC(=O)c1ccc2nc(N)sc2c1. The normalized spacial score (nSPS) is 12.2. The fourth-order valence-corrected chi connectivity index (χ4v) is 4.42. The molecular formula is C19H18N6O2S2. The van der Waals surface area contributed by atoms with Crippen LogP contribution in [0.4, 0.5) is 10.3 Å². The molecule has 1 atom stereocenters. The van der Waals surface area contributed by atoms with E-state index in [0.29, 0.717) is 27.9 Å². The maximum absolute atomic E-state index is 12.5. The molecule has 1 unspecified atom stereocenters. The van der Waals surface area contributed by atoms with Crippen LogP contribution < -0.4 is 22.1 Å². The number of nitrogens with two attached hydrogens (primary N) is 2. The third-order valence-corrected chi connectivity index (χ3v) is 5.98. The van der Waals surface area contributed by atoms with E-state index in [1.165, 1.54) is 22.7 Å². The fraction of sp³-hybridized carbons (Fsp3) is 0.158. The number of hydrogen-bond donors (Lipinski definition) is 4. The number of amides is 2. The number of hydrogen-bond acceptors (Lipinski definition) is 8. The summed E-state index contributed by atoms with van der Waals surface area (Å²) in [7, 11) is 0. The van der Waals surface area contributed by atoms with Crippen LogP contribution >= 0.6 is 22.7 Å². The lowest BCUT2D eigenvalue weighted by Crippen LogP contribution is -2.41. The molecule has 0 aliphatic rings. The van der Waals surface area contributed by atoms with Gasteiger partial charge in [0.1, 0.15) is 0 Å². The maximum Gasteiger partial charge on any atom is 0.251 e. The van der Waals surface area contributed by atoms with E-state index in [9.17, 15) is 9.59 Å². The van der Waals surface area contributed by atoms with Gasteiger partial charge in [-0.3, -0.25) is 9.59 Å². The second-order valence-corrected chi connectivity index (χ2v) is 8.68. The number of thiazole rings is 2. The first-order valence-corrected chi connectivity index (χ1v) is 10.4. The summed E-state index contributed by atoms with van der Waals surface area (Å²) in [5.41, 5.74) is 14.0. The van der Waals surface area contributed by atoms with Crippen LogP contribution in [0.3, 0.4) is 0 Å². The molecule has 0 spiro atoms. The minimum Gasteiger partial charge on any atom is -0.375 e. The van der Waals surface area contributed by atoms with Crippen molar-refractivity contribution in [1.82, 2.24) is 20.6 Å². The largest absolute Gasteiger partial charge is 0.375 e. The van der Waals surface area contributed by atoms with E-state index in [0.717, 1.165) is 20.4 Å². The molecule has 0 aliphatic carbocycles. The van der Waals surface area contributed by atoms with Crippen molar-refractivity contribution in [3.05, 3.63) is 47.5 Å². The lowest BCUT2D eigenvalue weighted by atomic mass is 10.2. The zero-order valence-corrected chi connectivity index (χ0v) is 17.1. The lowest BCUT2D eigenvalue weighted by molar-refractivity contribution is 0.0912. The molecule has 2 aromatic carbocycles. The average Bonchev–Trinajstić information content (AvgIpc) is 3.24. The number of nitrogens with one attached hydrogen (secondary N) is 2. The van der Waals surface area contributed by atoms with Gasteiger partial charge < -0.3 is 22.1 Å². The number of nitrogen functional groups attached to an aromatic ring is 2. The summed E-state index contributed by atoms with van der Waals surface area (Å²) in [5.74, 6) is -0.441. The fourth-order valence-electron chi connectivity index (χ4n) is 2.87. The topological polar surface area (TPSA) is 136 Å². The van der Waals surface area contributed by atoms with Gasteiger partial charge in [0.2, 0.25) is 0 Å². The molecule has 0 saturated carbocycles. The molecule has 2 aromatic heterocycles. The summed E-state index contributed by atoms with van der Waals surface area (Å²) in [6, 6.07) is 10.2. The molecule has 2 amide bonds. The first-order chi connectivity index (χ1) is 13.9. The number of carbonyl (C=O) groups excluding carboxylic acids is 2. The zero-order chi connectivity index (χ0) is 20.5. The highest BCUT2D eigenvalue weighted by molar-refractivity contribution is 7.22. The van der Waals surface area contributed by atoms with Gasteiger partial charge in [0.25, 0.3) is 11.8 Å². The first-order valence-electron chi connectivity index (χ1n) is 8.80. The molecule has 8 nitrogen and oxygen atoms in total. The molecule has 0 radical (unpaired) electrons. The van der Waals surface area contributed by atoms with Crippen molar-refractivity contribution in [2.45, 2.75) is 13.0 Å². The quantitative estimate of drug-likeness (QED) is 0.387. The van der Waals surface area contributed by atoms with Crippen LogP contribution in [0.2, 0.25) is 0 Å². The molecule has 6 N–H and O–H groups in total. The Morgan fingerprint density at radius 1 is 0.931 bits per heavy atom. The highest BCUT2D eigenvalue weighted by Crippen LogP contribution is 2.25. The highest BCUT2D eigenvalue weighted by atomic mass is 32.1. The molecule has 4 rings (SSSR count). The Labute approximate surface area is 173 Å². The molecule has 0 saturated heterocycles. The molecule has 2 heterocycles. The van der Waals surface area contributed by atoms with Gasteiger partial charge in [0, 0.05) is 23.7 Å². The van der Waals surface area contributed by atoms with Gasteiger partial charge in [0.15, 0.2) is 10.3 Å². The molecule has 0 fully saturated rings. The van der Waals surface area contributed by atoms with Crippen molar-refractivity contribution in [3.8, 4) is 0 Å². The van der Waals surface area contributed by atoms with Crippen LogP contribution in [0.1, 0.15) is 27.6 Å². The monoisotopic (exact) mass is 426 g/mol. The van der Waals surface area contributed by atoms with Crippen molar-refractivity contribution in [2.75, 3.05) is 18.0 Å². The summed E-state index contributed by atoms with van der Waals surface area (Å²) < 4.78 is 1.71. The van der Waals surface area contributed by atoms with Crippen molar-refractivity contribution >= 4 is 65.2 Å². The minimum atomic E-state index is -0.253. The van der Waals surface area contributed by atoms with Crippen molar-refractivity contribution < 1.29 is 9.59 Å². The van der Waals surface area contributed by atoms with Gasteiger partial charge in [-0.1, -0.05) is 22.7 Å². The second kappa shape index (κ2) is 7.64. The Bertz CT molecular complexity index is 1230. The van der Waals surface area contributed by atoms with Crippen LogP contribution in [0, 0.1) is 0 Å². The van der Waals surface area contributed by atoms with Crippen LogP contribution in [0.15, 0.2) is 36.4 Å². The van der Waals surface area contributed by atoms with Gasteiger partial charge in [-0.05, 0) is 43.3 Å². The Balaban J connectivity index is 1.36. The summed E-state index contributed by atoms with van der Waals surface area (Å²) in [6.45, 7) is 2.12. The third kappa shape index (κ3) is 4.13. The Hall–Kier alpha value is -3.24. The van der Waals surface area contributed by atoms with E-state index in [1.807, 2.05) is 6.92 Å². The number of aromatic nitrogens is 2. The molecule has 148 valence electrons. The number of carbonyl (C=O) groups is 2. The molecule has 0 aliphatic heterocycles. The summed E-state index contributed by atoms with van der Waals surface area (Å²) in [4.78, 5) is 33.3. The van der Waals surface area contributed by atoms with E-state index in [4.69, 9.17) is 11.5 Å². The summed E-state index contributed by atoms with van der Waals surface area (Å²) >= 11 is 2.67. The van der Waals surface area contributed by atoms with E-state index in [2.05, 4.69) is 20.6 Å². The van der Waals surface area contributed by atoms with E-state index < -0.39 is 0 Å². The molecule has 4 aromatic rings. The minimum absolute atomic E-state index is 0.220. The number of anilines is 2. The molecule has 29 heavy (non-hydrogen) atoms. The molecule has 0 bridgehead atoms.